The zero-order valence-electron chi connectivity index (χ0n) is 11.4. The van der Waals surface area contributed by atoms with Crippen LogP contribution in [0.25, 0.3) is 0 Å². The van der Waals surface area contributed by atoms with Gasteiger partial charge in [0.15, 0.2) is 0 Å². The van der Waals surface area contributed by atoms with Crippen LogP contribution in [-0.4, -0.2) is 30.6 Å². The highest BCUT2D eigenvalue weighted by molar-refractivity contribution is 7.09. The molecule has 1 aromatic heterocycles. The van der Waals surface area contributed by atoms with Gasteiger partial charge in [-0.25, -0.2) is 0 Å². The van der Waals surface area contributed by atoms with E-state index >= 15 is 0 Å². The average Bonchev–Trinajstić information content (AvgIpc) is 2.79. The minimum Gasteiger partial charge on any atom is -0.328 e. The molecule has 2 N–H and O–H groups in total. The Bertz CT molecular complexity index is 284. The summed E-state index contributed by atoms with van der Waals surface area (Å²) in [5.74, 6) is 0. The van der Waals surface area contributed by atoms with E-state index in [4.69, 9.17) is 5.73 Å². The monoisotopic (exact) mass is 254 g/mol. The quantitative estimate of drug-likeness (QED) is 0.772. The molecule has 0 aliphatic rings. The molecular weight excluding hydrogens is 228 g/mol. The van der Waals surface area contributed by atoms with E-state index in [1.165, 1.54) is 11.3 Å². The van der Waals surface area contributed by atoms with E-state index in [0.717, 1.165) is 25.8 Å². The standard InChI is InChI=1S/C14H26N2S/c1-4-6-13(15)8-9-16(3)12(2)11-14-7-5-10-17-14/h5,7,10,12-13H,4,6,8-9,11,15H2,1-3H3. The first kappa shape index (κ1) is 14.7. The third-order valence-corrected chi connectivity index (χ3v) is 4.24. The van der Waals surface area contributed by atoms with Crippen LogP contribution in [-0.2, 0) is 6.42 Å². The Morgan fingerprint density at radius 2 is 2.18 bits per heavy atom. The van der Waals surface area contributed by atoms with Crippen LogP contribution in [0.15, 0.2) is 17.5 Å². The maximum absolute atomic E-state index is 6.04. The van der Waals surface area contributed by atoms with E-state index in [1.54, 1.807) is 0 Å². The molecule has 17 heavy (non-hydrogen) atoms. The minimum absolute atomic E-state index is 0.372. The Labute approximate surface area is 110 Å². The molecule has 2 unspecified atom stereocenters. The summed E-state index contributed by atoms with van der Waals surface area (Å²) in [5, 5.41) is 2.15. The molecule has 0 radical (unpaired) electrons. The van der Waals surface area contributed by atoms with Gasteiger partial charge >= 0.3 is 0 Å². The summed E-state index contributed by atoms with van der Waals surface area (Å²) in [6.07, 6.45) is 4.60. The van der Waals surface area contributed by atoms with Crippen LogP contribution in [0, 0.1) is 0 Å². The molecule has 0 aromatic carbocycles. The van der Waals surface area contributed by atoms with Gasteiger partial charge in [0, 0.05) is 17.0 Å². The molecule has 0 bridgehead atoms. The molecule has 2 nitrogen and oxygen atoms in total. The molecule has 0 fully saturated rings. The summed E-state index contributed by atoms with van der Waals surface area (Å²) >= 11 is 1.85. The first-order valence-corrected chi connectivity index (χ1v) is 7.49. The van der Waals surface area contributed by atoms with Gasteiger partial charge in [-0.1, -0.05) is 19.4 Å². The predicted octanol–water partition coefficient (Wildman–Crippen LogP) is 3.13. The number of hydrogen-bond donors (Lipinski definition) is 1. The smallest absolute Gasteiger partial charge is 0.0112 e. The molecule has 2 atom stereocenters. The molecule has 98 valence electrons. The van der Waals surface area contributed by atoms with Gasteiger partial charge in [-0.15, -0.1) is 11.3 Å². The third kappa shape index (κ3) is 5.66. The van der Waals surface area contributed by atoms with E-state index < -0.39 is 0 Å². The molecule has 1 rings (SSSR count). The van der Waals surface area contributed by atoms with Crippen LogP contribution >= 0.6 is 11.3 Å². The van der Waals surface area contributed by atoms with Crippen molar-refractivity contribution >= 4 is 11.3 Å². The highest BCUT2D eigenvalue weighted by Crippen LogP contribution is 2.14. The lowest BCUT2D eigenvalue weighted by molar-refractivity contribution is 0.246. The predicted molar refractivity (Wildman–Crippen MR) is 77.6 cm³/mol. The molecule has 0 saturated heterocycles. The molecule has 0 aliphatic heterocycles. The lowest BCUT2D eigenvalue weighted by Crippen LogP contribution is -2.34. The summed E-state index contributed by atoms with van der Waals surface area (Å²) < 4.78 is 0. The zero-order chi connectivity index (χ0) is 12.7. The fourth-order valence-electron chi connectivity index (χ4n) is 1.98. The van der Waals surface area contributed by atoms with Crippen molar-refractivity contribution in [1.29, 1.82) is 0 Å². The van der Waals surface area contributed by atoms with Crippen molar-refractivity contribution in [2.45, 2.75) is 51.6 Å². The largest absolute Gasteiger partial charge is 0.328 e. The SMILES string of the molecule is CCCC(N)CCN(C)C(C)Cc1cccs1. The third-order valence-electron chi connectivity index (χ3n) is 3.34. The molecule has 1 heterocycles. The molecule has 0 spiro atoms. The summed E-state index contributed by atoms with van der Waals surface area (Å²) in [6, 6.07) is 5.32. The number of nitrogens with two attached hydrogens (primary N) is 1. The second-order valence-corrected chi connectivity index (χ2v) is 5.98. The summed E-state index contributed by atoms with van der Waals surface area (Å²) in [6.45, 7) is 5.60. The minimum atomic E-state index is 0.372. The lowest BCUT2D eigenvalue weighted by Gasteiger charge is -2.25. The maximum atomic E-state index is 6.04. The van der Waals surface area contributed by atoms with Gasteiger partial charge in [-0.2, -0.15) is 0 Å². The second-order valence-electron chi connectivity index (χ2n) is 4.95. The Kier molecular flexibility index (Phi) is 6.78. The van der Waals surface area contributed by atoms with Crippen LogP contribution in [0.5, 0.6) is 0 Å². The first-order chi connectivity index (χ1) is 8.13. The van der Waals surface area contributed by atoms with Crippen molar-refractivity contribution in [1.82, 2.24) is 4.90 Å². The van der Waals surface area contributed by atoms with Crippen LogP contribution in [0.1, 0.15) is 38.0 Å². The van der Waals surface area contributed by atoms with Crippen molar-refractivity contribution in [2.24, 2.45) is 5.73 Å². The fourth-order valence-corrected chi connectivity index (χ4v) is 2.81. The van der Waals surface area contributed by atoms with Crippen LogP contribution in [0.3, 0.4) is 0 Å². The topological polar surface area (TPSA) is 29.3 Å². The average molecular weight is 254 g/mol. The number of thiophene rings is 1. The number of rotatable bonds is 8. The van der Waals surface area contributed by atoms with Crippen molar-refractivity contribution in [2.75, 3.05) is 13.6 Å². The Balaban J connectivity index is 2.24. The van der Waals surface area contributed by atoms with Gasteiger partial charge in [0.05, 0.1) is 0 Å². The van der Waals surface area contributed by atoms with Gasteiger partial charge < -0.3 is 10.6 Å². The highest BCUT2D eigenvalue weighted by atomic mass is 32.1. The first-order valence-electron chi connectivity index (χ1n) is 6.61. The summed E-state index contributed by atoms with van der Waals surface area (Å²) in [7, 11) is 2.21. The normalized spacial score (nSPS) is 15.1. The molecule has 0 amide bonds. The maximum Gasteiger partial charge on any atom is 0.0112 e. The Morgan fingerprint density at radius 1 is 1.41 bits per heavy atom. The van der Waals surface area contributed by atoms with E-state index in [9.17, 15) is 0 Å². The molecule has 1 aromatic rings. The number of likely N-dealkylation sites (N-methyl/N-ethyl adjacent to an activating group) is 1. The van der Waals surface area contributed by atoms with Crippen molar-refractivity contribution in [3.8, 4) is 0 Å². The number of nitrogens with zero attached hydrogens (tertiary/aromatic N) is 1. The molecule has 0 aliphatic carbocycles. The van der Waals surface area contributed by atoms with Crippen LogP contribution < -0.4 is 5.73 Å². The molecule has 3 heteroatoms. The van der Waals surface area contributed by atoms with Gasteiger partial charge in [0.2, 0.25) is 0 Å². The van der Waals surface area contributed by atoms with E-state index in [2.05, 4.69) is 43.3 Å². The van der Waals surface area contributed by atoms with Crippen molar-refractivity contribution < 1.29 is 0 Å². The van der Waals surface area contributed by atoms with Crippen molar-refractivity contribution in [3.05, 3.63) is 22.4 Å². The lowest BCUT2D eigenvalue weighted by atomic mass is 10.1. The van der Waals surface area contributed by atoms with Crippen molar-refractivity contribution in [3.63, 3.8) is 0 Å². The van der Waals surface area contributed by atoms with Crippen LogP contribution in [0.4, 0.5) is 0 Å². The Morgan fingerprint density at radius 3 is 2.76 bits per heavy atom. The Hall–Kier alpha value is -0.380. The van der Waals surface area contributed by atoms with E-state index in [-0.39, 0.29) is 0 Å². The van der Waals surface area contributed by atoms with E-state index in [0.29, 0.717) is 12.1 Å². The molecule has 0 saturated carbocycles. The van der Waals surface area contributed by atoms with Gasteiger partial charge in [0.1, 0.15) is 0 Å². The van der Waals surface area contributed by atoms with Gasteiger partial charge in [-0.05, 0) is 51.2 Å². The van der Waals surface area contributed by atoms with Gasteiger partial charge in [0.25, 0.3) is 0 Å². The van der Waals surface area contributed by atoms with E-state index in [1.807, 2.05) is 11.3 Å². The number of hydrogen-bond acceptors (Lipinski definition) is 3. The summed E-state index contributed by atoms with van der Waals surface area (Å²) in [4.78, 5) is 3.90. The highest BCUT2D eigenvalue weighted by Gasteiger charge is 2.11. The van der Waals surface area contributed by atoms with Crippen LogP contribution in [0.2, 0.25) is 0 Å². The molecular formula is C14H26N2S. The summed E-state index contributed by atoms with van der Waals surface area (Å²) in [5.41, 5.74) is 6.04. The van der Waals surface area contributed by atoms with Gasteiger partial charge in [-0.3, -0.25) is 0 Å². The zero-order valence-corrected chi connectivity index (χ0v) is 12.2. The fraction of sp³-hybridized carbons (Fsp3) is 0.714. The second kappa shape index (κ2) is 7.85.